The normalized spacial score (nSPS) is 29.4. The van der Waals surface area contributed by atoms with Crippen molar-refractivity contribution in [3.63, 3.8) is 0 Å². The lowest BCUT2D eigenvalue weighted by Crippen LogP contribution is -2.56. The maximum atomic E-state index is 12.0. The Morgan fingerprint density at radius 3 is 2.74 bits per heavy atom. The van der Waals surface area contributed by atoms with Crippen molar-refractivity contribution < 1.29 is 14.6 Å². The molecule has 0 aromatic rings. The van der Waals surface area contributed by atoms with Crippen LogP contribution < -0.4 is 10.6 Å². The zero-order valence-electron chi connectivity index (χ0n) is 11.8. The van der Waals surface area contributed by atoms with Gasteiger partial charge in [-0.15, -0.1) is 0 Å². The lowest BCUT2D eigenvalue weighted by molar-refractivity contribution is -0.123. The molecule has 2 heterocycles. The molecule has 6 heteroatoms. The maximum Gasteiger partial charge on any atom is 0.237 e. The topological polar surface area (TPSA) is 73.8 Å². The van der Waals surface area contributed by atoms with Gasteiger partial charge < -0.3 is 20.5 Å². The van der Waals surface area contributed by atoms with Crippen molar-refractivity contribution in [2.75, 3.05) is 39.4 Å². The Labute approximate surface area is 114 Å². The zero-order chi connectivity index (χ0) is 13.9. The van der Waals surface area contributed by atoms with Gasteiger partial charge in [0, 0.05) is 31.7 Å². The number of β-amino-alcohol motifs (C(OH)–C–C–N with tert-alkyl or cyclic N) is 1. The van der Waals surface area contributed by atoms with E-state index in [4.69, 9.17) is 4.74 Å². The van der Waals surface area contributed by atoms with Crippen LogP contribution in [0.3, 0.4) is 0 Å². The minimum Gasteiger partial charge on any atom is -0.392 e. The van der Waals surface area contributed by atoms with E-state index >= 15 is 0 Å². The van der Waals surface area contributed by atoms with Gasteiger partial charge in [-0.05, 0) is 20.3 Å². The molecule has 2 fully saturated rings. The predicted octanol–water partition coefficient (Wildman–Crippen LogP) is -1.06. The van der Waals surface area contributed by atoms with Crippen LogP contribution in [0.15, 0.2) is 0 Å². The van der Waals surface area contributed by atoms with Crippen LogP contribution in [0, 0.1) is 0 Å². The van der Waals surface area contributed by atoms with Crippen LogP contribution in [0.2, 0.25) is 0 Å². The van der Waals surface area contributed by atoms with Crippen LogP contribution in [0.1, 0.15) is 20.3 Å². The van der Waals surface area contributed by atoms with Crippen molar-refractivity contribution in [3.8, 4) is 0 Å². The van der Waals surface area contributed by atoms with Gasteiger partial charge in [-0.2, -0.15) is 0 Å². The summed E-state index contributed by atoms with van der Waals surface area (Å²) in [5.74, 6) is -0.0158. The van der Waals surface area contributed by atoms with E-state index in [2.05, 4.69) is 29.4 Å². The average molecular weight is 271 g/mol. The van der Waals surface area contributed by atoms with Gasteiger partial charge in [0.25, 0.3) is 0 Å². The minimum absolute atomic E-state index is 0.0158. The standard InChI is InChI=1S/C13H25N3O3/c1-13(2,16-3-5-19-6-4-16)9-15-12(18)11-7-10(17)8-14-11/h10-11,14,17H,3-9H2,1-2H3,(H,15,18). The Bertz CT molecular complexity index is 316. The molecule has 2 aliphatic rings. The number of hydrogen-bond acceptors (Lipinski definition) is 5. The number of nitrogens with zero attached hydrogens (tertiary/aromatic N) is 1. The molecular weight excluding hydrogens is 246 g/mol. The maximum absolute atomic E-state index is 12.0. The lowest BCUT2D eigenvalue weighted by Gasteiger charge is -2.41. The number of amides is 1. The summed E-state index contributed by atoms with van der Waals surface area (Å²) in [6.45, 7) is 8.71. The SMILES string of the molecule is CC(C)(CNC(=O)C1CC(O)CN1)N1CCOCC1. The van der Waals surface area contributed by atoms with Crippen LogP contribution in [0.25, 0.3) is 0 Å². The highest BCUT2D eigenvalue weighted by atomic mass is 16.5. The second-order valence-electron chi connectivity index (χ2n) is 5.98. The minimum atomic E-state index is -0.400. The molecule has 0 aromatic heterocycles. The molecule has 19 heavy (non-hydrogen) atoms. The number of ether oxygens (including phenoxy) is 1. The molecule has 0 bridgehead atoms. The number of hydrogen-bond donors (Lipinski definition) is 3. The predicted molar refractivity (Wildman–Crippen MR) is 71.9 cm³/mol. The monoisotopic (exact) mass is 271 g/mol. The molecule has 0 aromatic carbocycles. The number of nitrogens with one attached hydrogen (secondary N) is 2. The molecule has 2 saturated heterocycles. The smallest absolute Gasteiger partial charge is 0.237 e. The number of aliphatic hydroxyl groups is 1. The molecule has 6 nitrogen and oxygen atoms in total. The van der Waals surface area contributed by atoms with Crippen molar-refractivity contribution in [3.05, 3.63) is 0 Å². The summed E-state index contributed by atoms with van der Waals surface area (Å²) in [7, 11) is 0. The molecule has 2 atom stereocenters. The summed E-state index contributed by atoms with van der Waals surface area (Å²) >= 11 is 0. The van der Waals surface area contributed by atoms with Gasteiger partial charge in [0.2, 0.25) is 5.91 Å². The third kappa shape index (κ3) is 3.89. The van der Waals surface area contributed by atoms with Gasteiger partial charge in [0.15, 0.2) is 0 Å². The summed E-state index contributed by atoms with van der Waals surface area (Å²) in [5, 5.41) is 15.4. The third-order valence-electron chi connectivity index (χ3n) is 3.99. The van der Waals surface area contributed by atoms with E-state index in [1.807, 2.05) is 0 Å². The summed E-state index contributed by atoms with van der Waals surface area (Å²) in [4.78, 5) is 14.3. The molecule has 2 aliphatic heterocycles. The molecule has 2 rings (SSSR count). The van der Waals surface area contributed by atoms with Crippen molar-refractivity contribution in [2.24, 2.45) is 0 Å². The molecule has 0 spiro atoms. The average Bonchev–Trinajstić information content (AvgIpc) is 2.84. The summed E-state index contributed by atoms with van der Waals surface area (Å²) < 4.78 is 5.35. The summed E-state index contributed by atoms with van der Waals surface area (Å²) in [6.07, 6.45) is 0.104. The van der Waals surface area contributed by atoms with Crippen LogP contribution in [0.4, 0.5) is 0 Å². The van der Waals surface area contributed by atoms with E-state index in [1.165, 1.54) is 0 Å². The van der Waals surface area contributed by atoms with Crippen LogP contribution in [0.5, 0.6) is 0 Å². The van der Waals surface area contributed by atoms with E-state index in [0.717, 1.165) is 26.3 Å². The van der Waals surface area contributed by atoms with E-state index in [9.17, 15) is 9.90 Å². The molecule has 0 saturated carbocycles. The molecule has 2 unspecified atom stereocenters. The third-order valence-corrected chi connectivity index (χ3v) is 3.99. The summed E-state index contributed by atoms with van der Waals surface area (Å²) in [5.41, 5.74) is -0.0728. The molecule has 110 valence electrons. The zero-order valence-corrected chi connectivity index (χ0v) is 11.8. The fourth-order valence-electron chi connectivity index (χ4n) is 2.62. The van der Waals surface area contributed by atoms with Gasteiger partial charge in [-0.25, -0.2) is 0 Å². The van der Waals surface area contributed by atoms with Crippen LogP contribution in [-0.4, -0.2) is 73.0 Å². The first kappa shape index (κ1) is 14.7. The number of carbonyl (C=O) groups is 1. The van der Waals surface area contributed by atoms with Crippen LogP contribution in [-0.2, 0) is 9.53 Å². The number of morpholine rings is 1. The second kappa shape index (κ2) is 6.17. The van der Waals surface area contributed by atoms with Crippen LogP contribution >= 0.6 is 0 Å². The molecule has 0 radical (unpaired) electrons. The van der Waals surface area contributed by atoms with E-state index in [1.54, 1.807) is 0 Å². The van der Waals surface area contributed by atoms with Gasteiger partial charge in [0.05, 0.1) is 25.4 Å². The van der Waals surface area contributed by atoms with Gasteiger partial charge in [-0.3, -0.25) is 9.69 Å². The Morgan fingerprint density at radius 1 is 1.47 bits per heavy atom. The van der Waals surface area contributed by atoms with E-state index < -0.39 is 6.10 Å². The van der Waals surface area contributed by atoms with Crippen molar-refractivity contribution in [2.45, 2.75) is 38.0 Å². The first-order valence-electron chi connectivity index (χ1n) is 7.01. The van der Waals surface area contributed by atoms with Crippen molar-refractivity contribution in [1.29, 1.82) is 0 Å². The van der Waals surface area contributed by atoms with Gasteiger partial charge in [0.1, 0.15) is 0 Å². The number of aliphatic hydroxyl groups excluding tert-OH is 1. The fraction of sp³-hybridized carbons (Fsp3) is 0.923. The number of carbonyl (C=O) groups excluding carboxylic acids is 1. The van der Waals surface area contributed by atoms with E-state index in [0.29, 0.717) is 19.5 Å². The first-order chi connectivity index (χ1) is 8.99. The highest BCUT2D eigenvalue weighted by molar-refractivity contribution is 5.82. The van der Waals surface area contributed by atoms with Gasteiger partial charge >= 0.3 is 0 Å². The largest absolute Gasteiger partial charge is 0.392 e. The lowest BCUT2D eigenvalue weighted by atomic mass is 10.0. The second-order valence-corrected chi connectivity index (χ2v) is 5.98. The van der Waals surface area contributed by atoms with Crippen molar-refractivity contribution in [1.82, 2.24) is 15.5 Å². The van der Waals surface area contributed by atoms with E-state index in [-0.39, 0.29) is 17.5 Å². The molecule has 3 N–H and O–H groups in total. The number of rotatable bonds is 4. The first-order valence-corrected chi connectivity index (χ1v) is 7.01. The highest BCUT2D eigenvalue weighted by Gasteiger charge is 2.32. The highest BCUT2D eigenvalue weighted by Crippen LogP contribution is 2.15. The van der Waals surface area contributed by atoms with Crippen molar-refractivity contribution >= 4 is 5.91 Å². The molecule has 1 amide bonds. The summed E-state index contributed by atoms with van der Waals surface area (Å²) in [6, 6.07) is -0.254. The Balaban J connectivity index is 1.78. The Morgan fingerprint density at radius 2 is 2.16 bits per heavy atom. The Hall–Kier alpha value is -0.690. The van der Waals surface area contributed by atoms with Gasteiger partial charge in [-0.1, -0.05) is 0 Å². The molecular formula is C13H25N3O3. The molecule has 0 aliphatic carbocycles. The Kier molecular flexibility index (Phi) is 4.78. The quantitative estimate of drug-likeness (QED) is 0.607. The fourth-order valence-corrected chi connectivity index (χ4v) is 2.62.